The second-order valence-electron chi connectivity index (χ2n) is 5.97. The predicted octanol–water partition coefficient (Wildman–Crippen LogP) is 1.55. The summed E-state index contributed by atoms with van der Waals surface area (Å²) in [4.78, 5) is 2.32. The number of benzene rings is 1. The molecule has 0 N–H and O–H groups in total. The summed E-state index contributed by atoms with van der Waals surface area (Å²) >= 11 is 0. The lowest BCUT2D eigenvalue weighted by molar-refractivity contribution is 0.117. The molecule has 2 atom stereocenters. The van der Waals surface area contributed by atoms with Gasteiger partial charge in [0.15, 0.2) is 0 Å². The second kappa shape index (κ2) is 5.61. The molecule has 0 bridgehead atoms. The summed E-state index contributed by atoms with van der Waals surface area (Å²) in [5.74, 6) is -0.699. The third-order valence-corrected chi connectivity index (χ3v) is 6.52. The van der Waals surface area contributed by atoms with Gasteiger partial charge in [-0.3, -0.25) is 4.90 Å². The van der Waals surface area contributed by atoms with Gasteiger partial charge in [-0.15, -0.1) is 0 Å². The van der Waals surface area contributed by atoms with Crippen molar-refractivity contribution in [3.8, 4) is 6.07 Å². The molecule has 0 aromatic heterocycles. The Kier molecular flexibility index (Phi) is 3.93. The van der Waals surface area contributed by atoms with Crippen molar-refractivity contribution in [2.24, 2.45) is 0 Å². The number of nitrogens with zero attached hydrogens (tertiary/aromatic N) is 3. The van der Waals surface area contributed by atoms with Gasteiger partial charge < -0.3 is 0 Å². The number of halogens is 1. The van der Waals surface area contributed by atoms with Gasteiger partial charge >= 0.3 is 0 Å². The van der Waals surface area contributed by atoms with E-state index < -0.39 is 15.8 Å². The minimum Gasteiger partial charge on any atom is -0.297 e. The first-order valence-corrected chi connectivity index (χ1v) is 8.83. The number of sulfonamides is 1. The van der Waals surface area contributed by atoms with Gasteiger partial charge in [-0.05, 0) is 44.5 Å². The monoisotopic (exact) mass is 323 g/mol. The fraction of sp³-hybridized carbons (Fsp3) is 0.533. The summed E-state index contributed by atoms with van der Waals surface area (Å²) in [6, 6.07) is 5.23. The zero-order valence-electron chi connectivity index (χ0n) is 12.4. The third kappa shape index (κ3) is 2.51. The Labute approximate surface area is 130 Å². The lowest BCUT2D eigenvalue weighted by Crippen LogP contribution is -2.56. The Morgan fingerprint density at radius 2 is 2.14 bits per heavy atom. The van der Waals surface area contributed by atoms with Gasteiger partial charge in [-0.25, -0.2) is 12.8 Å². The molecule has 22 heavy (non-hydrogen) atoms. The van der Waals surface area contributed by atoms with E-state index in [2.05, 4.69) is 4.90 Å². The van der Waals surface area contributed by atoms with Crippen LogP contribution in [0, 0.1) is 17.1 Å². The highest BCUT2D eigenvalue weighted by molar-refractivity contribution is 7.89. The molecule has 5 nitrogen and oxygen atoms in total. The van der Waals surface area contributed by atoms with E-state index >= 15 is 0 Å². The van der Waals surface area contributed by atoms with E-state index in [1.54, 1.807) is 6.07 Å². The number of hydrogen-bond acceptors (Lipinski definition) is 4. The summed E-state index contributed by atoms with van der Waals surface area (Å²) < 4.78 is 40.6. The van der Waals surface area contributed by atoms with Crippen molar-refractivity contribution < 1.29 is 12.8 Å². The van der Waals surface area contributed by atoms with Crippen molar-refractivity contribution in [3.05, 3.63) is 29.6 Å². The molecule has 0 saturated carbocycles. The Bertz CT molecular complexity index is 729. The van der Waals surface area contributed by atoms with E-state index in [9.17, 15) is 12.8 Å². The first-order chi connectivity index (χ1) is 10.4. The highest BCUT2D eigenvalue weighted by Gasteiger charge is 2.40. The van der Waals surface area contributed by atoms with Crippen LogP contribution in [0.5, 0.6) is 0 Å². The molecule has 2 fully saturated rings. The topological polar surface area (TPSA) is 64.4 Å². The van der Waals surface area contributed by atoms with Crippen LogP contribution in [0.15, 0.2) is 23.1 Å². The van der Waals surface area contributed by atoms with Crippen LogP contribution in [0.4, 0.5) is 4.39 Å². The van der Waals surface area contributed by atoms with Gasteiger partial charge in [-0.1, -0.05) is 0 Å². The van der Waals surface area contributed by atoms with Gasteiger partial charge in [0.2, 0.25) is 10.0 Å². The largest absolute Gasteiger partial charge is 0.297 e. The highest BCUT2D eigenvalue weighted by Crippen LogP contribution is 2.29. The fourth-order valence-electron chi connectivity index (χ4n) is 3.38. The molecule has 2 saturated heterocycles. The fourth-order valence-corrected chi connectivity index (χ4v) is 5.07. The van der Waals surface area contributed by atoms with Crippen LogP contribution in [0.2, 0.25) is 0 Å². The van der Waals surface area contributed by atoms with Crippen molar-refractivity contribution >= 4 is 10.0 Å². The van der Waals surface area contributed by atoms with Crippen LogP contribution in [-0.4, -0.2) is 49.3 Å². The summed E-state index contributed by atoms with van der Waals surface area (Å²) in [6.07, 6.45) is 2.10. The van der Waals surface area contributed by atoms with Gasteiger partial charge in [-0.2, -0.15) is 9.57 Å². The molecule has 0 spiro atoms. The summed E-state index contributed by atoms with van der Waals surface area (Å²) in [7, 11) is -3.71. The molecule has 1 aromatic rings. The molecule has 0 radical (unpaired) electrons. The van der Waals surface area contributed by atoms with E-state index in [1.165, 1.54) is 10.4 Å². The van der Waals surface area contributed by atoms with Crippen LogP contribution in [0.25, 0.3) is 0 Å². The molecule has 3 rings (SSSR count). The molecule has 0 amide bonds. The minimum absolute atomic E-state index is 0.0104. The predicted molar refractivity (Wildman–Crippen MR) is 79.1 cm³/mol. The number of hydrogen-bond donors (Lipinski definition) is 0. The maximum absolute atomic E-state index is 13.4. The van der Waals surface area contributed by atoms with Crippen molar-refractivity contribution in [2.75, 3.05) is 19.6 Å². The van der Waals surface area contributed by atoms with Crippen molar-refractivity contribution in [3.63, 3.8) is 0 Å². The van der Waals surface area contributed by atoms with Gasteiger partial charge in [0, 0.05) is 25.2 Å². The first kappa shape index (κ1) is 15.4. The Morgan fingerprint density at radius 3 is 2.86 bits per heavy atom. The standard InChI is InChI=1S/C15H18FN3O2S/c1-11-9-18-6-2-3-13(18)10-19(11)22(20,21)14-4-5-15(16)12(7-14)8-17/h4-5,7,11,13H,2-3,6,9-10H2,1H3/t11-,13-/m0/s1. The van der Waals surface area contributed by atoms with Crippen molar-refractivity contribution in [1.29, 1.82) is 5.26 Å². The van der Waals surface area contributed by atoms with Crippen molar-refractivity contribution in [1.82, 2.24) is 9.21 Å². The smallest absolute Gasteiger partial charge is 0.243 e. The van der Waals surface area contributed by atoms with E-state index in [0.29, 0.717) is 6.54 Å². The molecule has 7 heteroatoms. The summed E-state index contributed by atoms with van der Waals surface area (Å²) in [5.41, 5.74) is -0.242. The maximum Gasteiger partial charge on any atom is 0.243 e. The van der Waals surface area contributed by atoms with Crippen molar-refractivity contribution in [2.45, 2.75) is 36.7 Å². The number of piperazine rings is 1. The van der Waals surface area contributed by atoms with Gasteiger partial charge in [0.1, 0.15) is 11.9 Å². The van der Waals surface area contributed by atoms with Gasteiger partial charge in [0.25, 0.3) is 0 Å². The zero-order chi connectivity index (χ0) is 15.9. The molecule has 0 aliphatic carbocycles. The SMILES string of the molecule is C[C@H]1CN2CCC[C@H]2CN1S(=O)(=O)c1ccc(F)c(C#N)c1. The molecular weight excluding hydrogens is 305 g/mol. The summed E-state index contributed by atoms with van der Waals surface area (Å²) in [5, 5.41) is 8.89. The molecule has 2 heterocycles. The third-order valence-electron chi connectivity index (χ3n) is 4.54. The van der Waals surface area contributed by atoms with E-state index in [-0.39, 0.29) is 22.5 Å². The normalized spacial score (nSPS) is 26.6. The van der Waals surface area contributed by atoms with Crippen LogP contribution in [0.1, 0.15) is 25.3 Å². The van der Waals surface area contributed by atoms with E-state index in [1.807, 2.05) is 6.92 Å². The quantitative estimate of drug-likeness (QED) is 0.828. The van der Waals surface area contributed by atoms with E-state index in [4.69, 9.17) is 5.26 Å². The molecule has 2 aliphatic heterocycles. The van der Waals surface area contributed by atoms with Crippen LogP contribution < -0.4 is 0 Å². The van der Waals surface area contributed by atoms with Crippen LogP contribution >= 0.6 is 0 Å². The maximum atomic E-state index is 13.4. The molecule has 2 aliphatic rings. The van der Waals surface area contributed by atoms with Crippen LogP contribution in [0.3, 0.4) is 0 Å². The average molecular weight is 323 g/mol. The zero-order valence-corrected chi connectivity index (χ0v) is 13.2. The van der Waals surface area contributed by atoms with Crippen LogP contribution in [-0.2, 0) is 10.0 Å². The number of rotatable bonds is 2. The van der Waals surface area contributed by atoms with Gasteiger partial charge in [0.05, 0.1) is 10.5 Å². The Balaban J connectivity index is 1.94. The molecule has 118 valence electrons. The highest BCUT2D eigenvalue weighted by atomic mass is 32.2. The number of fused-ring (bicyclic) bond motifs is 1. The first-order valence-electron chi connectivity index (χ1n) is 7.39. The second-order valence-corrected chi connectivity index (χ2v) is 7.86. The lowest BCUT2D eigenvalue weighted by Gasteiger charge is -2.41. The average Bonchev–Trinajstić information content (AvgIpc) is 2.93. The minimum atomic E-state index is -3.71. The Hall–Kier alpha value is -1.49. The number of nitriles is 1. The lowest BCUT2D eigenvalue weighted by atomic mass is 10.1. The molecular formula is C15H18FN3O2S. The summed E-state index contributed by atoms with van der Waals surface area (Å²) in [6.45, 7) is 4.10. The molecule has 1 aromatic carbocycles. The molecule has 0 unspecified atom stereocenters. The Morgan fingerprint density at radius 1 is 1.36 bits per heavy atom. The van der Waals surface area contributed by atoms with E-state index in [0.717, 1.165) is 38.1 Å².